The van der Waals surface area contributed by atoms with E-state index in [1.54, 1.807) is 0 Å². The van der Waals surface area contributed by atoms with Crippen LogP contribution in [0, 0.1) is 0 Å². The number of hydrogen-bond donors (Lipinski definition) is 2. The zero-order valence-electron chi connectivity index (χ0n) is 12.1. The first-order chi connectivity index (χ1) is 9.81. The van der Waals surface area contributed by atoms with Crippen molar-refractivity contribution in [1.29, 1.82) is 0 Å². The summed E-state index contributed by atoms with van der Waals surface area (Å²) < 4.78 is 1.32. The number of likely N-dealkylation sites (N-methyl/N-ethyl adjacent to an activating group) is 1. The number of aromatic carboxylic acids is 1. The molecule has 0 aliphatic rings. The zero-order valence-corrected chi connectivity index (χ0v) is 12.1. The normalized spacial score (nSPS) is 12.8. The maximum absolute atomic E-state index is 12.1. The van der Waals surface area contributed by atoms with Crippen molar-refractivity contribution in [2.45, 2.75) is 19.5 Å². The van der Waals surface area contributed by atoms with E-state index in [0.29, 0.717) is 17.6 Å². The number of aromatic amines is 1. The van der Waals surface area contributed by atoms with Crippen molar-refractivity contribution in [3.05, 3.63) is 44.5 Å². The van der Waals surface area contributed by atoms with E-state index in [1.807, 2.05) is 25.9 Å². The van der Waals surface area contributed by atoms with Crippen molar-refractivity contribution in [3.63, 3.8) is 0 Å². The predicted molar refractivity (Wildman–Crippen MR) is 78.9 cm³/mol. The Morgan fingerprint density at radius 2 is 2.05 bits per heavy atom. The largest absolute Gasteiger partial charge is 0.478 e. The quantitative estimate of drug-likeness (QED) is 0.792. The minimum Gasteiger partial charge on any atom is -0.478 e. The Morgan fingerprint density at radius 1 is 1.38 bits per heavy atom. The third kappa shape index (κ3) is 2.87. The Balaban J connectivity index is 2.72. The zero-order chi connectivity index (χ0) is 15.7. The molecule has 2 rings (SSSR count). The third-order valence-corrected chi connectivity index (χ3v) is 3.55. The topological polar surface area (TPSA) is 95.4 Å². The molecule has 0 fully saturated rings. The van der Waals surface area contributed by atoms with Gasteiger partial charge in [0.15, 0.2) is 0 Å². The van der Waals surface area contributed by atoms with Gasteiger partial charge >= 0.3 is 17.1 Å². The Bertz CT molecular complexity index is 804. The highest BCUT2D eigenvalue weighted by atomic mass is 16.4. The molecule has 2 aromatic rings. The number of nitrogens with zero attached hydrogens (tertiary/aromatic N) is 2. The smallest absolute Gasteiger partial charge is 0.335 e. The minimum absolute atomic E-state index is 0.0150. The number of nitrogens with one attached hydrogen (secondary N) is 1. The molecule has 2 N–H and O–H groups in total. The van der Waals surface area contributed by atoms with Crippen molar-refractivity contribution < 1.29 is 9.90 Å². The number of aromatic nitrogens is 2. The van der Waals surface area contributed by atoms with E-state index < -0.39 is 17.1 Å². The molecule has 0 saturated carbocycles. The number of carboxylic acid groups (broad SMARTS) is 1. The summed E-state index contributed by atoms with van der Waals surface area (Å²) in [7, 11) is 3.74. The first-order valence-electron chi connectivity index (χ1n) is 6.48. The SMILES string of the molecule is CC(Cn1c(=O)c(=O)[nH]c2ccc(C(=O)O)cc21)N(C)C. The number of carbonyl (C=O) groups is 1. The van der Waals surface area contributed by atoms with Gasteiger partial charge in [0.2, 0.25) is 0 Å². The summed E-state index contributed by atoms with van der Waals surface area (Å²) in [5, 5.41) is 9.06. The highest BCUT2D eigenvalue weighted by Crippen LogP contribution is 2.12. The third-order valence-electron chi connectivity index (χ3n) is 3.55. The van der Waals surface area contributed by atoms with Gasteiger partial charge in [0.25, 0.3) is 0 Å². The Hall–Kier alpha value is -2.41. The van der Waals surface area contributed by atoms with Gasteiger partial charge < -0.3 is 19.6 Å². The van der Waals surface area contributed by atoms with Gasteiger partial charge in [0, 0.05) is 12.6 Å². The maximum Gasteiger partial charge on any atom is 0.335 e. The lowest BCUT2D eigenvalue weighted by molar-refractivity contribution is 0.0697. The van der Waals surface area contributed by atoms with E-state index >= 15 is 0 Å². The fourth-order valence-electron chi connectivity index (χ4n) is 2.01. The lowest BCUT2D eigenvalue weighted by atomic mass is 10.2. The molecule has 0 aliphatic heterocycles. The minimum atomic E-state index is -1.08. The Kier molecular flexibility index (Phi) is 3.95. The van der Waals surface area contributed by atoms with Crippen LogP contribution in [0.1, 0.15) is 17.3 Å². The van der Waals surface area contributed by atoms with E-state index in [9.17, 15) is 14.4 Å². The maximum atomic E-state index is 12.1. The number of H-pyrrole nitrogens is 1. The fraction of sp³-hybridized carbons (Fsp3) is 0.357. The molecule has 7 heteroatoms. The Labute approximate surface area is 120 Å². The van der Waals surface area contributed by atoms with Crippen LogP contribution in [0.3, 0.4) is 0 Å². The molecule has 0 amide bonds. The first-order valence-corrected chi connectivity index (χ1v) is 6.48. The summed E-state index contributed by atoms with van der Waals surface area (Å²) >= 11 is 0. The molecular formula is C14H17N3O4. The second kappa shape index (κ2) is 5.53. The fourth-order valence-corrected chi connectivity index (χ4v) is 2.01. The van der Waals surface area contributed by atoms with Gasteiger partial charge in [-0.15, -0.1) is 0 Å². The molecule has 0 bridgehead atoms. The van der Waals surface area contributed by atoms with Gasteiger partial charge in [0.1, 0.15) is 0 Å². The summed E-state index contributed by atoms with van der Waals surface area (Å²) in [6, 6.07) is 4.31. The van der Waals surface area contributed by atoms with Crippen LogP contribution in [0.4, 0.5) is 0 Å². The lowest BCUT2D eigenvalue weighted by Gasteiger charge is -2.21. The Morgan fingerprint density at radius 3 is 2.62 bits per heavy atom. The molecule has 1 heterocycles. The molecular weight excluding hydrogens is 274 g/mol. The van der Waals surface area contributed by atoms with Gasteiger partial charge in [-0.05, 0) is 39.2 Å². The van der Waals surface area contributed by atoms with Crippen molar-refractivity contribution >= 4 is 17.0 Å². The molecule has 0 spiro atoms. The molecule has 21 heavy (non-hydrogen) atoms. The molecule has 1 unspecified atom stereocenters. The molecule has 1 aromatic heterocycles. The number of benzene rings is 1. The van der Waals surface area contributed by atoms with Crippen LogP contribution < -0.4 is 11.1 Å². The molecule has 0 aliphatic carbocycles. The van der Waals surface area contributed by atoms with Gasteiger partial charge in [-0.3, -0.25) is 9.59 Å². The average molecular weight is 291 g/mol. The molecule has 7 nitrogen and oxygen atoms in total. The standard InChI is InChI=1S/C14H17N3O4/c1-8(16(2)3)7-17-11-6-9(14(20)21)4-5-10(11)15-12(18)13(17)19/h4-6,8H,7H2,1-3H3,(H,15,18)(H,20,21). The summed E-state index contributed by atoms with van der Waals surface area (Å²) in [4.78, 5) is 39.2. The summed E-state index contributed by atoms with van der Waals surface area (Å²) in [6.45, 7) is 2.22. The highest BCUT2D eigenvalue weighted by molar-refractivity contribution is 5.92. The molecule has 1 atom stereocenters. The lowest BCUT2D eigenvalue weighted by Crippen LogP contribution is -2.41. The van der Waals surface area contributed by atoms with Crippen molar-refractivity contribution in [3.8, 4) is 0 Å². The molecule has 0 radical (unpaired) electrons. The number of hydrogen-bond acceptors (Lipinski definition) is 4. The van der Waals surface area contributed by atoms with Crippen LogP contribution in [-0.4, -0.2) is 45.7 Å². The van der Waals surface area contributed by atoms with Crippen LogP contribution in [-0.2, 0) is 6.54 Å². The summed E-state index contributed by atoms with van der Waals surface area (Å²) in [5.74, 6) is -1.08. The van der Waals surface area contributed by atoms with E-state index in [1.165, 1.54) is 22.8 Å². The summed E-state index contributed by atoms with van der Waals surface area (Å²) in [5.41, 5.74) is -0.473. The summed E-state index contributed by atoms with van der Waals surface area (Å²) in [6.07, 6.45) is 0. The van der Waals surface area contributed by atoms with Crippen LogP contribution in [0.2, 0.25) is 0 Å². The van der Waals surface area contributed by atoms with E-state index in [0.717, 1.165) is 0 Å². The van der Waals surface area contributed by atoms with E-state index in [4.69, 9.17) is 5.11 Å². The average Bonchev–Trinajstić information content (AvgIpc) is 2.42. The molecule has 0 saturated heterocycles. The van der Waals surface area contributed by atoms with Crippen LogP contribution in [0.5, 0.6) is 0 Å². The predicted octanol–water partition coefficient (Wildman–Crippen LogP) is 0.338. The van der Waals surface area contributed by atoms with Gasteiger partial charge in [-0.25, -0.2) is 4.79 Å². The second-order valence-corrected chi connectivity index (χ2v) is 5.22. The van der Waals surface area contributed by atoms with Crippen LogP contribution in [0.15, 0.2) is 27.8 Å². The van der Waals surface area contributed by atoms with Crippen LogP contribution in [0.25, 0.3) is 11.0 Å². The van der Waals surface area contributed by atoms with Crippen LogP contribution >= 0.6 is 0 Å². The molecule has 112 valence electrons. The van der Waals surface area contributed by atoms with Gasteiger partial charge in [-0.1, -0.05) is 0 Å². The number of carboxylic acids is 1. The van der Waals surface area contributed by atoms with Gasteiger partial charge in [0.05, 0.1) is 16.6 Å². The first kappa shape index (κ1) is 15.0. The van der Waals surface area contributed by atoms with Gasteiger partial charge in [-0.2, -0.15) is 0 Å². The number of rotatable bonds is 4. The monoisotopic (exact) mass is 291 g/mol. The number of fused-ring (bicyclic) bond motifs is 1. The highest BCUT2D eigenvalue weighted by Gasteiger charge is 2.14. The van der Waals surface area contributed by atoms with Crippen molar-refractivity contribution in [2.24, 2.45) is 0 Å². The van der Waals surface area contributed by atoms with Crippen molar-refractivity contribution in [1.82, 2.24) is 14.5 Å². The van der Waals surface area contributed by atoms with E-state index in [-0.39, 0.29) is 11.6 Å². The van der Waals surface area contributed by atoms with Crippen molar-refractivity contribution in [2.75, 3.05) is 14.1 Å². The van der Waals surface area contributed by atoms with E-state index in [2.05, 4.69) is 4.98 Å². The molecule has 1 aromatic carbocycles. The second-order valence-electron chi connectivity index (χ2n) is 5.22.